The summed E-state index contributed by atoms with van der Waals surface area (Å²) in [5, 5.41) is 3.51. The van der Waals surface area contributed by atoms with Gasteiger partial charge in [0.25, 0.3) is 0 Å². The molecule has 0 bridgehead atoms. The molecule has 0 radical (unpaired) electrons. The maximum absolute atomic E-state index is 11.0. The Kier molecular flexibility index (Phi) is 4.60. The van der Waals surface area contributed by atoms with E-state index in [2.05, 4.69) is 5.32 Å². The van der Waals surface area contributed by atoms with Crippen LogP contribution in [0.15, 0.2) is 54.6 Å². The molecule has 0 amide bonds. The van der Waals surface area contributed by atoms with Crippen molar-refractivity contribution in [3.63, 3.8) is 0 Å². The number of hydrogen-bond acceptors (Lipinski definition) is 5. The lowest BCUT2D eigenvalue weighted by Crippen LogP contribution is -2.32. The third-order valence-corrected chi connectivity index (χ3v) is 6.57. The van der Waals surface area contributed by atoms with Crippen molar-refractivity contribution in [2.75, 3.05) is 21.7 Å². The van der Waals surface area contributed by atoms with Crippen LogP contribution in [0.2, 0.25) is 0 Å². The van der Waals surface area contributed by atoms with Gasteiger partial charge in [-0.1, -0.05) is 30.3 Å². The highest BCUT2D eigenvalue weighted by atomic mass is 32.3. The van der Waals surface area contributed by atoms with Gasteiger partial charge >= 0.3 is 0 Å². The Bertz CT molecular complexity index is 722. The molecule has 0 unspecified atom stereocenters. The van der Waals surface area contributed by atoms with Crippen LogP contribution in [0.25, 0.3) is 0 Å². The summed E-state index contributed by atoms with van der Waals surface area (Å²) in [4.78, 5) is 0. The van der Waals surface area contributed by atoms with Crippen LogP contribution >= 0.6 is 11.0 Å². The molecule has 0 saturated heterocycles. The minimum Gasteiger partial charge on any atom is -0.314 e. The molecule has 134 valence electrons. The van der Waals surface area contributed by atoms with Crippen molar-refractivity contribution in [3.8, 4) is 0 Å². The van der Waals surface area contributed by atoms with Gasteiger partial charge in [-0.3, -0.25) is 13.4 Å². The van der Waals surface area contributed by atoms with E-state index in [0.717, 1.165) is 42.5 Å². The number of rotatable bonds is 7. The second-order valence-corrected chi connectivity index (χ2v) is 8.43. The van der Waals surface area contributed by atoms with Gasteiger partial charge in [0.1, 0.15) is 0 Å². The molecule has 2 aromatic rings. The lowest BCUT2D eigenvalue weighted by molar-refractivity contribution is 0.482. The van der Waals surface area contributed by atoms with E-state index in [-0.39, 0.29) is 0 Å². The fourth-order valence-corrected chi connectivity index (χ4v) is 5.08. The Morgan fingerprint density at radius 2 is 1.60 bits per heavy atom. The SMILES string of the molecule is OS1(O)N(CCCCNC2CC2)c2ccccc2N1c1ccccc1. The minimum absolute atomic E-state index is 0.634. The Morgan fingerprint density at radius 3 is 2.32 bits per heavy atom. The van der Waals surface area contributed by atoms with E-state index in [0.29, 0.717) is 6.54 Å². The van der Waals surface area contributed by atoms with Gasteiger partial charge in [-0.25, -0.2) is 4.31 Å². The van der Waals surface area contributed by atoms with E-state index < -0.39 is 11.0 Å². The maximum atomic E-state index is 11.0. The predicted octanol–water partition coefficient (Wildman–Crippen LogP) is 4.76. The molecule has 4 rings (SSSR count). The van der Waals surface area contributed by atoms with Crippen LogP contribution in [-0.4, -0.2) is 28.2 Å². The zero-order chi connectivity index (χ0) is 17.3. The largest absolute Gasteiger partial charge is 0.314 e. The summed E-state index contributed by atoms with van der Waals surface area (Å²) >= 11 is 0. The van der Waals surface area contributed by atoms with Crippen LogP contribution in [0.1, 0.15) is 25.7 Å². The van der Waals surface area contributed by atoms with Crippen molar-refractivity contribution < 1.29 is 9.11 Å². The molecule has 6 heteroatoms. The molecular weight excluding hydrogens is 334 g/mol. The van der Waals surface area contributed by atoms with Crippen molar-refractivity contribution in [1.82, 2.24) is 5.32 Å². The second-order valence-electron chi connectivity index (χ2n) is 6.65. The van der Waals surface area contributed by atoms with Crippen molar-refractivity contribution in [2.45, 2.75) is 31.7 Å². The Hall–Kier alpha value is -1.73. The Labute approximate surface area is 150 Å². The quantitative estimate of drug-likeness (QED) is 0.622. The van der Waals surface area contributed by atoms with Crippen molar-refractivity contribution in [1.29, 1.82) is 0 Å². The second kappa shape index (κ2) is 6.88. The summed E-state index contributed by atoms with van der Waals surface area (Å²) in [6, 6.07) is 18.1. The molecule has 1 aliphatic heterocycles. The molecule has 1 aliphatic carbocycles. The Morgan fingerprint density at radius 1 is 0.920 bits per heavy atom. The molecule has 5 nitrogen and oxygen atoms in total. The lowest BCUT2D eigenvalue weighted by atomic mass is 10.2. The molecule has 1 saturated carbocycles. The van der Waals surface area contributed by atoms with E-state index in [1.807, 2.05) is 54.6 Å². The normalized spacial score (nSPS) is 19.8. The standard InChI is InChI=1S/C19H25N3O2S/c23-25(24)21(15-7-6-14-20-16-12-13-16)18-10-4-5-11-19(18)22(25)17-8-2-1-3-9-17/h1-5,8-11,16,20,23-24H,6-7,12-15H2. The molecule has 0 spiro atoms. The van der Waals surface area contributed by atoms with Crippen LogP contribution in [0.3, 0.4) is 0 Å². The first-order valence-corrected chi connectivity index (χ1v) is 10.4. The topological polar surface area (TPSA) is 59.0 Å². The van der Waals surface area contributed by atoms with Crippen LogP contribution < -0.4 is 13.9 Å². The first-order valence-electron chi connectivity index (χ1n) is 8.91. The van der Waals surface area contributed by atoms with Crippen LogP contribution in [-0.2, 0) is 0 Å². The monoisotopic (exact) mass is 359 g/mol. The van der Waals surface area contributed by atoms with Crippen LogP contribution in [0.5, 0.6) is 0 Å². The van der Waals surface area contributed by atoms with Crippen LogP contribution in [0.4, 0.5) is 17.1 Å². The van der Waals surface area contributed by atoms with E-state index in [1.165, 1.54) is 12.8 Å². The number of nitrogens with zero attached hydrogens (tertiary/aromatic N) is 2. The average molecular weight is 359 g/mol. The molecular formula is C19H25N3O2S. The molecule has 0 atom stereocenters. The first kappa shape index (κ1) is 16.7. The van der Waals surface area contributed by atoms with Crippen LogP contribution in [0, 0.1) is 0 Å². The maximum Gasteiger partial charge on any atom is 0.0896 e. The van der Waals surface area contributed by atoms with Gasteiger partial charge in [-0.15, -0.1) is 0 Å². The predicted molar refractivity (Wildman–Crippen MR) is 105 cm³/mol. The fraction of sp³-hybridized carbons (Fsp3) is 0.368. The summed E-state index contributed by atoms with van der Waals surface area (Å²) in [5.41, 5.74) is 2.54. The van der Waals surface area contributed by atoms with Gasteiger partial charge in [0.15, 0.2) is 0 Å². The number of para-hydroxylation sites is 3. The highest BCUT2D eigenvalue weighted by Gasteiger charge is 2.41. The smallest absolute Gasteiger partial charge is 0.0896 e. The number of benzene rings is 2. The summed E-state index contributed by atoms with van der Waals surface area (Å²) in [7, 11) is -3.08. The average Bonchev–Trinajstić information content (AvgIpc) is 3.40. The number of anilines is 3. The van der Waals surface area contributed by atoms with E-state index in [4.69, 9.17) is 0 Å². The van der Waals surface area contributed by atoms with E-state index in [9.17, 15) is 9.11 Å². The number of nitrogens with one attached hydrogen (secondary N) is 1. The zero-order valence-corrected chi connectivity index (χ0v) is 15.0. The number of hydrogen-bond donors (Lipinski definition) is 3. The summed E-state index contributed by atoms with van der Waals surface area (Å²) in [6.07, 6.45) is 4.56. The third kappa shape index (κ3) is 3.35. The fourth-order valence-electron chi connectivity index (χ4n) is 3.27. The highest BCUT2D eigenvalue weighted by Crippen LogP contribution is 2.63. The van der Waals surface area contributed by atoms with Crippen molar-refractivity contribution in [2.24, 2.45) is 0 Å². The first-order chi connectivity index (χ1) is 12.2. The van der Waals surface area contributed by atoms with Gasteiger partial charge in [0, 0.05) is 12.6 Å². The number of fused-ring (bicyclic) bond motifs is 1. The number of unbranched alkanes of at least 4 members (excludes halogenated alkanes) is 1. The molecule has 1 fully saturated rings. The highest BCUT2D eigenvalue weighted by molar-refractivity contribution is 8.27. The van der Waals surface area contributed by atoms with Gasteiger partial charge in [0.2, 0.25) is 0 Å². The summed E-state index contributed by atoms with van der Waals surface area (Å²) in [6.45, 7) is 1.64. The lowest BCUT2D eigenvalue weighted by Gasteiger charge is -2.43. The van der Waals surface area contributed by atoms with Crippen molar-refractivity contribution >= 4 is 28.0 Å². The van der Waals surface area contributed by atoms with Crippen molar-refractivity contribution in [3.05, 3.63) is 54.6 Å². The van der Waals surface area contributed by atoms with E-state index in [1.54, 1.807) is 8.61 Å². The molecule has 2 aromatic carbocycles. The molecule has 3 N–H and O–H groups in total. The Balaban J connectivity index is 1.52. The van der Waals surface area contributed by atoms with Gasteiger partial charge in [-0.05, 0) is 67.5 Å². The molecule has 1 heterocycles. The van der Waals surface area contributed by atoms with Gasteiger partial charge in [0.05, 0.1) is 17.1 Å². The zero-order valence-electron chi connectivity index (χ0n) is 14.2. The molecule has 25 heavy (non-hydrogen) atoms. The summed E-state index contributed by atoms with van der Waals surface area (Å²) in [5.74, 6) is 0. The third-order valence-electron chi connectivity index (χ3n) is 4.70. The van der Waals surface area contributed by atoms with Gasteiger partial charge in [-0.2, -0.15) is 0 Å². The molecule has 0 aromatic heterocycles. The minimum atomic E-state index is -3.08. The molecule has 2 aliphatic rings. The van der Waals surface area contributed by atoms with E-state index >= 15 is 0 Å². The van der Waals surface area contributed by atoms with Gasteiger partial charge < -0.3 is 5.32 Å². The summed E-state index contributed by atoms with van der Waals surface area (Å²) < 4.78 is 25.5.